The molecule has 0 aliphatic carbocycles. The third kappa shape index (κ3) is 4.19. The molecule has 0 aromatic heterocycles. The van der Waals surface area contributed by atoms with Crippen LogP contribution in [0.3, 0.4) is 0 Å². The van der Waals surface area contributed by atoms with Crippen LogP contribution < -0.4 is 4.74 Å². The third-order valence-electron chi connectivity index (χ3n) is 4.12. The zero-order chi connectivity index (χ0) is 18.7. The lowest BCUT2D eigenvalue weighted by molar-refractivity contribution is -0.137. The topological polar surface area (TPSA) is 29.5 Å². The average molecular weight is 382 g/mol. The molecule has 1 heterocycles. The Kier molecular flexibility index (Phi) is 5.23. The van der Waals surface area contributed by atoms with Crippen LogP contribution in [0.2, 0.25) is 0 Å². The number of rotatable bonds is 3. The van der Waals surface area contributed by atoms with Gasteiger partial charge in [0.05, 0.1) is 5.56 Å². The zero-order valence-corrected chi connectivity index (χ0v) is 14.3. The number of ether oxygens (including phenoxy) is 1. The minimum Gasteiger partial charge on any atom is -0.457 e. The van der Waals surface area contributed by atoms with Gasteiger partial charge in [-0.05, 0) is 53.9 Å². The highest BCUT2D eigenvalue weighted by atomic mass is 35.5. The molecule has 7 heteroatoms. The van der Waals surface area contributed by atoms with E-state index >= 15 is 0 Å². The summed E-state index contributed by atoms with van der Waals surface area (Å²) >= 11 is 5.45. The molecule has 2 aromatic carbocycles. The van der Waals surface area contributed by atoms with Crippen molar-refractivity contribution in [3.8, 4) is 11.5 Å². The van der Waals surface area contributed by atoms with Crippen molar-refractivity contribution >= 4 is 17.5 Å². The van der Waals surface area contributed by atoms with E-state index in [9.17, 15) is 18.0 Å². The van der Waals surface area contributed by atoms with E-state index in [0.29, 0.717) is 24.6 Å². The van der Waals surface area contributed by atoms with Crippen LogP contribution in [-0.2, 0) is 23.9 Å². The van der Waals surface area contributed by atoms with Crippen LogP contribution in [0.15, 0.2) is 54.1 Å². The molecule has 0 bridgehead atoms. The first-order valence-corrected chi connectivity index (χ1v) is 8.33. The maximum absolute atomic E-state index is 12.6. The molecule has 1 amide bonds. The van der Waals surface area contributed by atoms with Gasteiger partial charge >= 0.3 is 6.18 Å². The molecule has 0 atom stereocenters. The second-order valence-electron chi connectivity index (χ2n) is 5.86. The summed E-state index contributed by atoms with van der Waals surface area (Å²) in [5.74, 6) is 0.650. The Labute approximate surface area is 153 Å². The summed E-state index contributed by atoms with van der Waals surface area (Å²) in [5.41, 5.74) is 2.51. The molecule has 1 aliphatic heterocycles. The monoisotopic (exact) mass is 381 g/mol. The van der Waals surface area contributed by atoms with E-state index < -0.39 is 11.7 Å². The van der Waals surface area contributed by atoms with Gasteiger partial charge < -0.3 is 9.64 Å². The van der Waals surface area contributed by atoms with Gasteiger partial charge in [-0.1, -0.05) is 17.7 Å². The Morgan fingerprint density at radius 2 is 1.77 bits per heavy atom. The maximum Gasteiger partial charge on any atom is 0.416 e. The Bertz CT molecular complexity index is 832. The third-order valence-corrected chi connectivity index (χ3v) is 4.25. The molecule has 0 unspecified atom stereocenters. The molecule has 0 saturated carbocycles. The van der Waals surface area contributed by atoms with Crippen LogP contribution >= 0.6 is 11.6 Å². The van der Waals surface area contributed by atoms with Crippen molar-refractivity contribution in [3.63, 3.8) is 0 Å². The van der Waals surface area contributed by atoms with Gasteiger partial charge in [0.25, 0.3) is 0 Å². The normalized spacial score (nSPS) is 14.4. The molecule has 26 heavy (non-hydrogen) atoms. The lowest BCUT2D eigenvalue weighted by Gasteiger charge is -2.28. The molecular weight excluding hydrogens is 367 g/mol. The van der Waals surface area contributed by atoms with Gasteiger partial charge in [0.2, 0.25) is 5.91 Å². The van der Waals surface area contributed by atoms with E-state index in [-0.39, 0.29) is 5.91 Å². The Balaban J connectivity index is 1.75. The Morgan fingerprint density at radius 3 is 2.42 bits per heavy atom. The van der Waals surface area contributed by atoms with Crippen molar-refractivity contribution in [2.75, 3.05) is 6.54 Å². The fraction of sp³-hybridized carbons (Fsp3) is 0.211. The molecule has 0 N–H and O–H groups in total. The van der Waals surface area contributed by atoms with E-state index in [1.165, 1.54) is 23.7 Å². The average Bonchev–Trinajstić information content (AvgIpc) is 2.61. The molecule has 0 spiro atoms. The number of carbonyl (C=O) groups is 1. The first-order chi connectivity index (χ1) is 12.4. The first-order valence-electron chi connectivity index (χ1n) is 7.89. The van der Waals surface area contributed by atoms with Gasteiger partial charge in [0.15, 0.2) is 0 Å². The van der Waals surface area contributed by atoms with Gasteiger partial charge in [-0.3, -0.25) is 4.79 Å². The van der Waals surface area contributed by atoms with Crippen LogP contribution in [0, 0.1) is 0 Å². The van der Waals surface area contributed by atoms with E-state index in [2.05, 4.69) is 0 Å². The summed E-state index contributed by atoms with van der Waals surface area (Å²) < 4.78 is 43.5. The van der Waals surface area contributed by atoms with Gasteiger partial charge in [-0.2, -0.15) is 13.2 Å². The molecule has 2 aromatic rings. The molecule has 3 nitrogen and oxygen atoms in total. The second kappa shape index (κ2) is 7.41. The fourth-order valence-corrected chi connectivity index (χ4v) is 2.90. The number of carbonyl (C=O) groups excluding carboxylic acids is 1. The van der Waals surface area contributed by atoms with Crippen molar-refractivity contribution in [2.45, 2.75) is 19.1 Å². The van der Waals surface area contributed by atoms with Gasteiger partial charge in [-0.15, -0.1) is 0 Å². The van der Waals surface area contributed by atoms with Gasteiger partial charge in [0.1, 0.15) is 11.5 Å². The van der Waals surface area contributed by atoms with E-state index in [4.69, 9.17) is 16.3 Å². The van der Waals surface area contributed by atoms with Crippen LogP contribution in [0.1, 0.15) is 16.7 Å². The van der Waals surface area contributed by atoms with Crippen molar-refractivity contribution in [1.29, 1.82) is 0 Å². The number of benzene rings is 2. The lowest BCUT2D eigenvalue weighted by Crippen LogP contribution is -2.34. The lowest BCUT2D eigenvalue weighted by atomic mass is 9.99. The quantitative estimate of drug-likeness (QED) is 0.689. The number of amides is 1. The number of fused-ring (bicyclic) bond motifs is 1. The molecule has 0 saturated heterocycles. The van der Waals surface area contributed by atoms with Crippen LogP contribution in [-0.4, -0.2) is 17.4 Å². The summed E-state index contributed by atoms with van der Waals surface area (Å²) in [6.45, 7) is 1.03. The largest absolute Gasteiger partial charge is 0.457 e. The van der Waals surface area contributed by atoms with Crippen molar-refractivity contribution in [1.82, 2.24) is 4.90 Å². The number of halogens is 4. The maximum atomic E-state index is 12.6. The predicted molar refractivity (Wildman–Crippen MR) is 92.1 cm³/mol. The van der Waals surface area contributed by atoms with Gasteiger partial charge in [0, 0.05) is 24.7 Å². The van der Waals surface area contributed by atoms with Crippen molar-refractivity contribution in [2.24, 2.45) is 0 Å². The highest BCUT2D eigenvalue weighted by molar-refractivity contribution is 6.26. The Morgan fingerprint density at radius 1 is 1.08 bits per heavy atom. The number of alkyl halides is 3. The summed E-state index contributed by atoms with van der Waals surface area (Å²) in [7, 11) is 0. The zero-order valence-electron chi connectivity index (χ0n) is 13.6. The van der Waals surface area contributed by atoms with Crippen molar-refractivity contribution < 1.29 is 22.7 Å². The van der Waals surface area contributed by atoms with Crippen LogP contribution in [0.25, 0.3) is 0 Å². The summed E-state index contributed by atoms with van der Waals surface area (Å²) in [5, 5.41) is 0. The highest BCUT2D eigenvalue weighted by Gasteiger charge is 2.30. The molecule has 136 valence electrons. The number of hydrogen-bond acceptors (Lipinski definition) is 2. The Hall–Kier alpha value is -2.47. The smallest absolute Gasteiger partial charge is 0.416 e. The highest BCUT2D eigenvalue weighted by Crippen LogP contribution is 2.32. The molecule has 0 radical (unpaired) electrons. The molecule has 0 fully saturated rings. The van der Waals surface area contributed by atoms with E-state index in [1.807, 2.05) is 6.07 Å². The first kappa shape index (κ1) is 18.3. The minimum absolute atomic E-state index is 0.167. The molecular formula is C19H15ClF3NO2. The standard InChI is InChI=1S/C19H15ClF3NO2/c20-9-7-18(25)24-10-8-13-1-4-17(11-14(13)12-24)26-16-5-2-15(3-6-16)19(21,22)23/h1-7,9,11H,8,10,12H2/b9-7+. The summed E-state index contributed by atoms with van der Waals surface area (Å²) in [6.07, 6.45) is -2.36. The van der Waals surface area contributed by atoms with E-state index in [1.54, 1.807) is 17.0 Å². The number of hydrogen-bond donors (Lipinski definition) is 0. The molecule has 3 rings (SSSR count). The van der Waals surface area contributed by atoms with Crippen LogP contribution in [0.5, 0.6) is 11.5 Å². The number of nitrogens with zero attached hydrogens (tertiary/aromatic N) is 1. The van der Waals surface area contributed by atoms with Gasteiger partial charge in [-0.25, -0.2) is 0 Å². The fourth-order valence-electron chi connectivity index (χ4n) is 2.79. The van der Waals surface area contributed by atoms with E-state index in [0.717, 1.165) is 29.7 Å². The molecule has 1 aliphatic rings. The minimum atomic E-state index is -4.38. The predicted octanol–water partition coefficient (Wildman–Crippen LogP) is 5.13. The van der Waals surface area contributed by atoms with Crippen LogP contribution in [0.4, 0.5) is 13.2 Å². The second-order valence-corrected chi connectivity index (χ2v) is 6.11. The summed E-state index contributed by atoms with van der Waals surface area (Å²) in [4.78, 5) is 13.6. The SMILES string of the molecule is O=C(/C=C/Cl)N1CCc2ccc(Oc3ccc(C(F)(F)F)cc3)cc2C1. The van der Waals surface area contributed by atoms with Crippen molar-refractivity contribution in [3.05, 3.63) is 70.8 Å². The summed E-state index contributed by atoms with van der Waals surface area (Å²) in [6, 6.07) is 10.0.